The van der Waals surface area contributed by atoms with E-state index in [1.165, 1.54) is 16.0 Å². The Balaban J connectivity index is 2.02. The average molecular weight is 343 g/mol. The van der Waals surface area contributed by atoms with Gasteiger partial charge in [0, 0.05) is 5.69 Å². The molecule has 128 valence electrons. The number of hydrogen-bond donors (Lipinski definition) is 3. The van der Waals surface area contributed by atoms with Crippen LogP contribution in [0.4, 0.5) is 5.69 Å². The standard InChI is InChI=1S/C20H27N3S/c1-15(2)16-10-12-18(13-11-16)21-20(24)22-19(14-23(3)4)17-8-6-5-7-9-17/h5-13,15,19H,14H2,1-4H3,(H2,21,22,24)/p+1/t19-/m1/s1. The molecular weight excluding hydrogens is 314 g/mol. The van der Waals surface area contributed by atoms with Gasteiger partial charge in [0.1, 0.15) is 12.6 Å². The molecule has 0 aliphatic rings. The smallest absolute Gasteiger partial charge is 0.171 e. The largest absolute Gasteiger partial charge is 0.350 e. The monoisotopic (exact) mass is 342 g/mol. The third kappa shape index (κ3) is 5.62. The molecule has 2 rings (SSSR count). The number of anilines is 1. The summed E-state index contributed by atoms with van der Waals surface area (Å²) in [7, 11) is 4.30. The Morgan fingerprint density at radius 1 is 0.958 bits per heavy atom. The summed E-state index contributed by atoms with van der Waals surface area (Å²) < 4.78 is 0. The van der Waals surface area contributed by atoms with Crippen molar-refractivity contribution in [3.05, 3.63) is 65.7 Å². The summed E-state index contributed by atoms with van der Waals surface area (Å²) in [5, 5.41) is 7.40. The zero-order chi connectivity index (χ0) is 17.5. The molecule has 0 bridgehead atoms. The van der Waals surface area contributed by atoms with Crippen molar-refractivity contribution in [2.24, 2.45) is 0 Å². The van der Waals surface area contributed by atoms with E-state index in [-0.39, 0.29) is 6.04 Å². The quantitative estimate of drug-likeness (QED) is 0.705. The van der Waals surface area contributed by atoms with Crippen LogP contribution < -0.4 is 15.5 Å². The van der Waals surface area contributed by atoms with Crippen molar-refractivity contribution in [1.82, 2.24) is 5.32 Å². The number of benzene rings is 2. The first-order chi connectivity index (χ1) is 11.5. The minimum atomic E-state index is 0.186. The topological polar surface area (TPSA) is 28.5 Å². The van der Waals surface area contributed by atoms with Crippen molar-refractivity contribution in [2.75, 3.05) is 26.0 Å². The van der Waals surface area contributed by atoms with Gasteiger partial charge in [-0.25, -0.2) is 0 Å². The fraction of sp³-hybridized carbons (Fsp3) is 0.350. The van der Waals surface area contributed by atoms with Gasteiger partial charge in [-0.1, -0.05) is 56.3 Å². The van der Waals surface area contributed by atoms with Gasteiger partial charge in [-0.05, 0) is 41.4 Å². The highest BCUT2D eigenvalue weighted by atomic mass is 32.1. The summed E-state index contributed by atoms with van der Waals surface area (Å²) in [5.74, 6) is 0.537. The van der Waals surface area contributed by atoms with Crippen molar-refractivity contribution in [2.45, 2.75) is 25.8 Å². The van der Waals surface area contributed by atoms with Crippen LogP contribution in [0.1, 0.15) is 36.9 Å². The van der Waals surface area contributed by atoms with E-state index >= 15 is 0 Å². The number of nitrogens with one attached hydrogen (secondary N) is 3. The average Bonchev–Trinajstić information content (AvgIpc) is 2.55. The van der Waals surface area contributed by atoms with Gasteiger partial charge in [-0.2, -0.15) is 0 Å². The molecule has 0 fully saturated rings. The predicted molar refractivity (Wildman–Crippen MR) is 107 cm³/mol. The van der Waals surface area contributed by atoms with Crippen LogP contribution in [0.5, 0.6) is 0 Å². The lowest BCUT2D eigenvalue weighted by Gasteiger charge is -2.22. The first kappa shape index (κ1) is 18.4. The van der Waals surface area contributed by atoms with Crippen molar-refractivity contribution < 1.29 is 4.90 Å². The number of rotatable bonds is 6. The van der Waals surface area contributed by atoms with E-state index < -0.39 is 0 Å². The maximum atomic E-state index is 5.52. The summed E-state index contributed by atoms with van der Waals surface area (Å²) in [6.45, 7) is 5.35. The molecule has 0 unspecified atom stereocenters. The first-order valence-corrected chi connectivity index (χ1v) is 8.88. The number of quaternary nitrogens is 1. The van der Waals surface area contributed by atoms with E-state index in [9.17, 15) is 0 Å². The third-order valence-electron chi connectivity index (χ3n) is 3.95. The minimum Gasteiger partial charge on any atom is -0.350 e. The van der Waals surface area contributed by atoms with Crippen LogP contribution in [0.2, 0.25) is 0 Å². The highest BCUT2D eigenvalue weighted by molar-refractivity contribution is 7.80. The second-order valence-electron chi connectivity index (χ2n) is 6.75. The summed E-state index contributed by atoms with van der Waals surface area (Å²) in [5.41, 5.74) is 3.59. The fourth-order valence-electron chi connectivity index (χ4n) is 2.62. The molecule has 4 heteroatoms. The van der Waals surface area contributed by atoms with Crippen molar-refractivity contribution >= 4 is 23.0 Å². The van der Waals surface area contributed by atoms with Gasteiger partial charge in [0.05, 0.1) is 14.1 Å². The van der Waals surface area contributed by atoms with Gasteiger partial charge < -0.3 is 15.5 Å². The maximum Gasteiger partial charge on any atom is 0.171 e. The molecule has 0 heterocycles. The molecule has 2 aromatic rings. The van der Waals surface area contributed by atoms with Crippen molar-refractivity contribution in [1.29, 1.82) is 0 Å². The molecule has 24 heavy (non-hydrogen) atoms. The Labute approximate surface area is 151 Å². The molecule has 3 N–H and O–H groups in total. The second-order valence-corrected chi connectivity index (χ2v) is 7.16. The Morgan fingerprint density at radius 2 is 1.58 bits per heavy atom. The van der Waals surface area contributed by atoms with Crippen LogP contribution in [0.25, 0.3) is 0 Å². The SMILES string of the molecule is CC(C)c1ccc(NC(=S)N[C@H](C[NH+](C)C)c2ccccc2)cc1. The third-order valence-corrected chi connectivity index (χ3v) is 4.17. The van der Waals surface area contributed by atoms with Crippen molar-refractivity contribution in [3.8, 4) is 0 Å². The minimum absolute atomic E-state index is 0.186. The summed E-state index contributed by atoms with van der Waals surface area (Å²) >= 11 is 5.52. The van der Waals surface area contributed by atoms with Gasteiger partial charge >= 0.3 is 0 Å². The Morgan fingerprint density at radius 3 is 2.12 bits per heavy atom. The molecule has 0 saturated heterocycles. The summed E-state index contributed by atoms with van der Waals surface area (Å²) in [6.07, 6.45) is 0. The van der Waals surface area contributed by atoms with Gasteiger partial charge in [0.2, 0.25) is 0 Å². The molecule has 1 atom stereocenters. The molecule has 3 nitrogen and oxygen atoms in total. The van der Waals surface area contributed by atoms with Gasteiger partial charge in [-0.15, -0.1) is 0 Å². The van der Waals surface area contributed by atoms with E-state index in [2.05, 4.69) is 87.1 Å². The highest BCUT2D eigenvalue weighted by Crippen LogP contribution is 2.17. The highest BCUT2D eigenvalue weighted by Gasteiger charge is 2.15. The van der Waals surface area contributed by atoms with E-state index in [1.807, 2.05) is 6.07 Å². The molecule has 0 spiro atoms. The van der Waals surface area contributed by atoms with Gasteiger partial charge in [-0.3, -0.25) is 0 Å². The molecule has 0 aliphatic carbocycles. The molecule has 0 radical (unpaired) electrons. The summed E-state index contributed by atoms with van der Waals surface area (Å²) in [4.78, 5) is 1.38. The van der Waals surface area contributed by atoms with Crippen LogP contribution >= 0.6 is 12.2 Å². The maximum absolute atomic E-state index is 5.52. The van der Waals surface area contributed by atoms with Gasteiger partial charge in [0.25, 0.3) is 0 Å². The predicted octanol–water partition coefficient (Wildman–Crippen LogP) is 2.98. The Kier molecular flexibility index (Phi) is 6.76. The first-order valence-electron chi connectivity index (χ1n) is 8.47. The Bertz CT molecular complexity index is 636. The summed E-state index contributed by atoms with van der Waals surface area (Å²) in [6, 6.07) is 19.1. The van der Waals surface area contributed by atoms with Crippen LogP contribution in [0.3, 0.4) is 0 Å². The number of hydrogen-bond acceptors (Lipinski definition) is 1. The van der Waals surface area contributed by atoms with E-state index in [4.69, 9.17) is 12.2 Å². The zero-order valence-corrected chi connectivity index (χ0v) is 15.8. The van der Waals surface area contributed by atoms with Crippen LogP contribution in [-0.4, -0.2) is 25.8 Å². The lowest BCUT2D eigenvalue weighted by atomic mass is 10.0. The van der Waals surface area contributed by atoms with Gasteiger partial charge in [0.15, 0.2) is 5.11 Å². The van der Waals surface area contributed by atoms with E-state index in [1.54, 1.807) is 0 Å². The van der Waals surface area contributed by atoms with Crippen LogP contribution in [0.15, 0.2) is 54.6 Å². The molecule has 0 aliphatic heterocycles. The number of thiocarbonyl (C=S) groups is 1. The van der Waals surface area contributed by atoms with E-state index in [0.29, 0.717) is 11.0 Å². The second kappa shape index (κ2) is 8.81. The van der Waals surface area contributed by atoms with E-state index in [0.717, 1.165) is 12.2 Å². The molecule has 2 aromatic carbocycles. The molecular formula is C20H28N3S+. The lowest BCUT2D eigenvalue weighted by Crippen LogP contribution is -3.06. The Hall–Kier alpha value is -1.91. The molecule has 0 aromatic heterocycles. The normalized spacial score (nSPS) is 12.2. The molecule has 0 saturated carbocycles. The number of likely N-dealkylation sites (N-methyl/N-ethyl adjacent to an activating group) is 1. The fourth-order valence-corrected chi connectivity index (χ4v) is 2.88. The lowest BCUT2D eigenvalue weighted by molar-refractivity contribution is -0.860. The van der Waals surface area contributed by atoms with Crippen molar-refractivity contribution in [3.63, 3.8) is 0 Å². The molecule has 0 amide bonds. The van der Waals surface area contributed by atoms with Crippen LogP contribution in [0, 0.1) is 0 Å². The zero-order valence-electron chi connectivity index (χ0n) is 15.0. The van der Waals surface area contributed by atoms with Crippen LogP contribution in [-0.2, 0) is 0 Å².